The van der Waals surface area contributed by atoms with E-state index in [2.05, 4.69) is 11.9 Å². The molecule has 2 heterocycles. The average molecular weight is 273 g/mol. The second-order valence-electron chi connectivity index (χ2n) is 5.18. The highest BCUT2D eigenvalue weighted by Gasteiger charge is 2.26. The summed E-state index contributed by atoms with van der Waals surface area (Å²) in [5.41, 5.74) is 1.72. The van der Waals surface area contributed by atoms with Crippen LogP contribution in [0.4, 0.5) is 0 Å². The first kappa shape index (κ1) is 13.2. The summed E-state index contributed by atoms with van der Waals surface area (Å²) in [4.78, 5) is 15.7. The summed E-state index contributed by atoms with van der Waals surface area (Å²) in [7, 11) is 0. The number of aromatic nitrogens is 1. The van der Waals surface area contributed by atoms with Gasteiger partial charge in [0.1, 0.15) is 5.75 Å². The smallest absolute Gasteiger partial charge is 0.170 e. The Morgan fingerprint density at radius 2 is 2.40 bits per heavy atom. The molecule has 106 valence electrons. The van der Waals surface area contributed by atoms with Gasteiger partial charge in [0.15, 0.2) is 5.78 Å². The number of carbonyl (C=O) groups excluding carboxylic acids is 1. The standard InChI is InChI=1S/C16H19NO3/c1-2-6-20-12-3-4-15-13(8-12)14(9-17-15)16(18)11-5-7-19-10-11/h3-4,8-9,11,17H,2,5-7,10H2,1H3. The summed E-state index contributed by atoms with van der Waals surface area (Å²) in [5.74, 6) is 0.978. The normalized spacial score (nSPS) is 18.6. The maximum atomic E-state index is 12.5. The zero-order chi connectivity index (χ0) is 13.9. The summed E-state index contributed by atoms with van der Waals surface area (Å²) >= 11 is 0. The zero-order valence-corrected chi connectivity index (χ0v) is 11.6. The van der Waals surface area contributed by atoms with Crippen LogP contribution >= 0.6 is 0 Å². The molecule has 4 nitrogen and oxygen atoms in total. The average Bonchev–Trinajstić information content (AvgIpc) is 3.13. The first-order valence-corrected chi connectivity index (χ1v) is 7.15. The molecule has 0 bridgehead atoms. The Balaban J connectivity index is 1.91. The van der Waals surface area contributed by atoms with Crippen molar-refractivity contribution in [3.05, 3.63) is 30.0 Å². The molecule has 2 aromatic rings. The van der Waals surface area contributed by atoms with E-state index < -0.39 is 0 Å². The predicted molar refractivity (Wildman–Crippen MR) is 77.3 cm³/mol. The molecule has 3 rings (SSSR count). The highest BCUT2D eigenvalue weighted by atomic mass is 16.5. The SMILES string of the molecule is CCCOc1ccc2[nH]cc(C(=O)C3CCOC3)c2c1. The fraction of sp³-hybridized carbons (Fsp3) is 0.438. The molecule has 1 N–H and O–H groups in total. The zero-order valence-electron chi connectivity index (χ0n) is 11.6. The molecule has 0 spiro atoms. The lowest BCUT2D eigenvalue weighted by Crippen LogP contribution is -2.14. The fourth-order valence-corrected chi connectivity index (χ4v) is 2.57. The first-order valence-electron chi connectivity index (χ1n) is 7.15. The molecule has 0 saturated carbocycles. The lowest BCUT2D eigenvalue weighted by atomic mass is 9.97. The summed E-state index contributed by atoms with van der Waals surface area (Å²) < 4.78 is 11.0. The van der Waals surface area contributed by atoms with E-state index in [-0.39, 0.29) is 11.7 Å². The highest BCUT2D eigenvalue weighted by Crippen LogP contribution is 2.27. The van der Waals surface area contributed by atoms with Gasteiger partial charge in [-0.15, -0.1) is 0 Å². The summed E-state index contributed by atoms with van der Waals surface area (Å²) in [6.07, 6.45) is 3.59. The van der Waals surface area contributed by atoms with Gasteiger partial charge in [0.05, 0.1) is 13.2 Å². The van der Waals surface area contributed by atoms with Crippen LogP contribution in [0.3, 0.4) is 0 Å². The maximum Gasteiger partial charge on any atom is 0.170 e. The van der Waals surface area contributed by atoms with Crippen LogP contribution in [0.2, 0.25) is 0 Å². The molecule has 1 fully saturated rings. The molecular formula is C16H19NO3. The van der Waals surface area contributed by atoms with E-state index in [1.54, 1.807) is 6.20 Å². The minimum absolute atomic E-state index is 0.00536. The monoisotopic (exact) mass is 273 g/mol. The third-order valence-electron chi connectivity index (χ3n) is 3.69. The van der Waals surface area contributed by atoms with Gasteiger partial charge >= 0.3 is 0 Å². The Hall–Kier alpha value is -1.81. The predicted octanol–water partition coefficient (Wildman–Crippen LogP) is 3.18. The van der Waals surface area contributed by atoms with E-state index in [1.807, 2.05) is 18.2 Å². The number of H-pyrrole nitrogens is 1. The summed E-state index contributed by atoms with van der Waals surface area (Å²) in [5, 5.41) is 0.940. The molecule has 0 radical (unpaired) electrons. The van der Waals surface area contributed by atoms with Gasteiger partial charge in [-0.2, -0.15) is 0 Å². The number of aromatic amines is 1. The Labute approximate surface area is 118 Å². The van der Waals surface area contributed by atoms with Crippen molar-refractivity contribution in [3.63, 3.8) is 0 Å². The highest BCUT2D eigenvalue weighted by molar-refractivity contribution is 6.09. The van der Waals surface area contributed by atoms with E-state index in [1.165, 1.54) is 0 Å². The lowest BCUT2D eigenvalue weighted by Gasteiger charge is -2.07. The van der Waals surface area contributed by atoms with Crippen molar-refractivity contribution in [3.8, 4) is 5.75 Å². The number of benzene rings is 1. The van der Waals surface area contributed by atoms with Gasteiger partial charge in [-0.3, -0.25) is 4.79 Å². The molecule has 1 aliphatic heterocycles. The molecule has 4 heteroatoms. The van der Waals surface area contributed by atoms with Crippen LogP contribution in [-0.2, 0) is 4.74 Å². The van der Waals surface area contributed by atoms with E-state index in [9.17, 15) is 4.79 Å². The second-order valence-corrected chi connectivity index (χ2v) is 5.18. The molecule has 1 aromatic carbocycles. The third-order valence-corrected chi connectivity index (χ3v) is 3.69. The number of carbonyl (C=O) groups is 1. The van der Waals surface area contributed by atoms with Crippen LogP contribution in [0.1, 0.15) is 30.1 Å². The van der Waals surface area contributed by atoms with Gasteiger partial charge in [-0.25, -0.2) is 0 Å². The van der Waals surface area contributed by atoms with Gasteiger partial charge < -0.3 is 14.5 Å². The van der Waals surface area contributed by atoms with E-state index in [4.69, 9.17) is 9.47 Å². The van der Waals surface area contributed by atoms with Crippen LogP contribution in [-0.4, -0.2) is 30.6 Å². The van der Waals surface area contributed by atoms with Crippen molar-refractivity contribution in [1.29, 1.82) is 0 Å². The third kappa shape index (κ3) is 2.43. The minimum Gasteiger partial charge on any atom is -0.494 e. The van der Waals surface area contributed by atoms with Crippen LogP contribution in [0, 0.1) is 5.92 Å². The molecular weight excluding hydrogens is 254 g/mol. The van der Waals surface area contributed by atoms with E-state index >= 15 is 0 Å². The van der Waals surface area contributed by atoms with Gasteiger partial charge in [0.2, 0.25) is 0 Å². The first-order chi connectivity index (χ1) is 9.79. The van der Waals surface area contributed by atoms with Gasteiger partial charge in [0, 0.05) is 35.2 Å². The number of Topliss-reactive ketones (excluding diaryl/α,β-unsaturated/α-hetero) is 1. The largest absolute Gasteiger partial charge is 0.494 e. The number of nitrogens with one attached hydrogen (secondary N) is 1. The molecule has 1 atom stereocenters. The van der Waals surface area contributed by atoms with Gasteiger partial charge in [-0.1, -0.05) is 6.92 Å². The van der Waals surface area contributed by atoms with Crippen LogP contribution < -0.4 is 4.74 Å². The van der Waals surface area contributed by atoms with Crippen molar-refractivity contribution in [1.82, 2.24) is 4.98 Å². The molecule has 1 aliphatic rings. The fourth-order valence-electron chi connectivity index (χ4n) is 2.57. The van der Waals surface area contributed by atoms with Crippen molar-refractivity contribution in [2.45, 2.75) is 19.8 Å². The molecule has 1 unspecified atom stereocenters. The molecule has 0 amide bonds. The number of rotatable bonds is 5. The Bertz CT molecular complexity index is 611. The van der Waals surface area contributed by atoms with Crippen molar-refractivity contribution in [2.75, 3.05) is 19.8 Å². The Kier molecular flexibility index (Phi) is 3.74. The van der Waals surface area contributed by atoms with Crippen molar-refractivity contribution in [2.24, 2.45) is 5.92 Å². The summed E-state index contributed by atoms with van der Waals surface area (Å²) in [6, 6.07) is 5.84. The Morgan fingerprint density at radius 1 is 1.50 bits per heavy atom. The number of ether oxygens (including phenoxy) is 2. The van der Waals surface area contributed by atoms with E-state index in [0.29, 0.717) is 19.8 Å². The number of hydrogen-bond acceptors (Lipinski definition) is 3. The van der Waals surface area contributed by atoms with Crippen molar-refractivity contribution < 1.29 is 14.3 Å². The molecule has 1 aromatic heterocycles. The van der Waals surface area contributed by atoms with Crippen LogP contribution in [0.5, 0.6) is 5.75 Å². The lowest BCUT2D eigenvalue weighted by molar-refractivity contribution is 0.0902. The maximum absolute atomic E-state index is 12.5. The number of fused-ring (bicyclic) bond motifs is 1. The van der Waals surface area contributed by atoms with Crippen LogP contribution in [0.15, 0.2) is 24.4 Å². The van der Waals surface area contributed by atoms with Crippen molar-refractivity contribution >= 4 is 16.7 Å². The molecule has 20 heavy (non-hydrogen) atoms. The minimum atomic E-state index is -0.00536. The van der Waals surface area contributed by atoms with E-state index in [0.717, 1.165) is 35.1 Å². The molecule has 1 saturated heterocycles. The van der Waals surface area contributed by atoms with Gasteiger partial charge in [-0.05, 0) is 31.0 Å². The number of hydrogen-bond donors (Lipinski definition) is 1. The number of ketones is 1. The topological polar surface area (TPSA) is 51.3 Å². The quantitative estimate of drug-likeness (QED) is 0.851. The van der Waals surface area contributed by atoms with Crippen LogP contribution in [0.25, 0.3) is 10.9 Å². The molecule has 0 aliphatic carbocycles. The summed E-state index contributed by atoms with van der Waals surface area (Å²) in [6.45, 7) is 3.99. The second kappa shape index (κ2) is 5.67. The van der Waals surface area contributed by atoms with Gasteiger partial charge in [0.25, 0.3) is 0 Å². The Morgan fingerprint density at radius 3 is 3.15 bits per heavy atom.